The molecule has 13 nitrogen and oxygen atoms in total. The van der Waals surface area contributed by atoms with Gasteiger partial charge in [0.2, 0.25) is 23.6 Å². The first kappa shape index (κ1) is 30.3. The first-order valence-corrected chi connectivity index (χ1v) is 12.5. The molecule has 38 heavy (non-hydrogen) atoms. The van der Waals surface area contributed by atoms with Crippen LogP contribution in [0.25, 0.3) is 10.9 Å². The molecule has 4 unspecified atom stereocenters. The van der Waals surface area contributed by atoms with E-state index >= 15 is 0 Å². The molecule has 2 rings (SSSR count). The Labute approximate surface area is 220 Å². The molecule has 13 heteroatoms. The van der Waals surface area contributed by atoms with Crippen molar-refractivity contribution in [2.75, 3.05) is 6.54 Å². The standard InChI is InChI=1S/C25H37N7O6/c1-14(25(37)38)30-23(35)19(8-4-5-11-26)31-24(36)20(32-22(34)17(27)9-10-21(28)33)12-15-13-29-18-7-3-2-6-16(15)18/h2-3,6-7,13-14,17,19-20,29H,4-5,8-12,26-27H2,1H3,(H2,28,33)(H,30,35)(H,31,36)(H,32,34)(H,37,38). The molecule has 1 heterocycles. The molecule has 4 amide bonds. The molecule has 0 radical (unpaired) electrons. The van der Waals surface area contributed by atoms with Crippen molar-refractivity contribution in [3.63, 3.8) is 0 Å². The number of nitrogens with two attached hydrogens (primary N) is 3. The van der Waals surface area contributed by atoms with Crippen LogP contribution in [-0.2, 0) is 30.4 Å². The molecule has 11 N–H and O–H groups in total. The van der Waals surface area contributed by atoms with E-state index in [4.69, 9.17) is 22.3 Å². The van der Waals surface area contributed by atoms with Crippen LogP contribution in [0, 0.1) is 0 Å². The van der Waals surface area contributed by atoms with E-state index in [0.29, 0.717) is 19.4 Å². The third-order valence-electron chi connectivity index (χ3n) is 6.08. The van der Waals surface area contributed by atoms with Gasteiger partial charge in [0.25, 0.3) is 0 Å². The molecular weight excluding hydrogens is 494 g/mol. The van der Waals surface area contributed by atoms with Gasteiger partial charge in [-0.3, -0.25) is 24.0 Å². The Morgan fingerprint density at radius 1 is 0.947 bits per heavy atom. The summed E-state index contributed by atoms with van der Waals surface area (Å²) >= 11 is 0. The lowest BCUT2D eigenvalue weighted by Gasteiger charge is -2.25. The highest BCUT2D eigenvalue weighted by Gasteiger charge is 2.30. The van der Waals surface area contributed by atoms with Crippen molar-refractivity contribution >= 4 is 40.5 Å². The molecule has 0 spiro atoms. The van der Waals surface area contributed by atoms with Gasteiger partial charge >= 0.3 is 5.97 Å². The van der Waals surface area contributed by atoms with Gasteiger partial charge in [0.05, 0.1) is 6.04 Å². The number of carbonyl (C=O) groups is 5. The van der Waals surface area contributed by atoms with Crippen LogP contribution in [0.4, 0.5) is 0 Å². The van der Waals surface area contributed by atoms with Crippen molar-refractivity contribution < 1.29 is 29.1 Å². The first-order chi connectivity index (χ1) is 18.0. The molecule has 0 saturated heterocycles. The van der Waals surface area contributed by atoms with Gasteiger partial charge in [0.15, 0.2) is 0 Å². The molecule has 0 aliphatic heterocycles. The molecule has 2 aromatic rings. The average molecular weight is 532 g/mol. The van der Waals surface area contributed by atoms with Gasteiger partial charge in [-0.05, 0) is 50.8 Å². The summed E-state index contributed by atoms with van der Waals surface area (Å²) < 4.78 is 0. The number of H-pyrrole nitrogens is 1. The number of nitrogens with one attached hydrogen (secondary N) is 4. The molecule has 0 saturated carbocycles. The molecule has 208 valence electrons. The number of benzene rings is 1. The van der Waals surface area contributed by atoms with Gasteiger partial charge in [0, 0.05) is 29.9 Å². The van der Waals surface area contributed by atoms with E-state index in [0.717, 1.165) is 16.5 Å². The number of aromatic amines is 1. The zero-order valence-electron chi connectivity index (χ0n) is 21.4. The number of aliphatic carboxylic acids is 1. The summed E-state index contributed by atoms with van der Waals surface area (Å²) in [5.41, 5.74) is 18.2. The van der Waals surface area contributed by atoms with Gasteiger partial charge in [0.1, 0.15) is 18.1 Å². The Morgan fingerprint density at radius 2 is 1.61 bits per heavy atom. The fourth-order valence-corrected chi connectivity index (χ4v) is 3.85. The van der Waals surface area contributed by atoms with E-state index in [2.05, 4.69) is 20.9 Å². The minimum atomic E-state index is -1.22. The largest absolute Gasteiger partial charge is 0.480 e. The minimum absolute atomic E-state index is 0.000211. The fourth-order valence-electron chi connectivity index (χ4n) is 3.85. The third kappa shape index (κ3) is 9.16. The first-order valence-electron chi connectivity index (χ1n) is 12.5. The van der Waals surface area contributed by atoms with Gasteiger partial charge in [-0.1, -0.05) is 18.2 Å². The van der Waals surface area contributed by atoms with Crippen LogP contribution in [0.3, 0.4) is 0 Å². The second kappa shape index (κ2) is 14.7. The zero-order valence-corrected chi connectivity index (χ0v) is 21.4. The second-order valence-corrected chi connectivity index (χ2v) is 9.15. The summed E-state index contributed by atoms with van der Waals surface area (Å²) in [6, 6.07) is 3.01. The number of hydrogen-bond donors (Lipinski definition) is 8. The summed E-state index contributed by atoms with van der Waals surface area (Å²) in [7, 11) is 0. The van der Waals surface area contributed by atoms with Crippen molar-refractivity contribution in [2.45, 2.75) is 69.6 Å². The number of fused-ring (bicyclic) bond motifs is 1. The quantitative estimate of drug-likeness (QED) is 0.125. The predicted molar refractivity (Wildman–Crippen MR) is 140 cm³/mol. The maximum Gasteiger partial charge on any atom is 0.325 e. The van der Waals surface area contributed by atoms with Crippen LogP contribution in [0.2, 0.25) is 0 Å². The van der Waals surface area contributed by atoms with E-state index in [1.54, 1.807) is 6.20 Å². The van der Waals surface area contributed by atoms with E-state index < -0.39 is 53.8 Å². The Hall–Kier alpha value is -3.97. The van der Waals surface area contributed by atoms with Crippen molar-refractivity contribution in [3.05, 3.63) is 36.0 Å². The summed E-state index contributed by atoms with van der Waals surface area (Å²) in [6.07, 6.45) is 3.02. The monoisotopic (exact) mass is 531 g/mol. The molecule has 0 fully saturated rings. The molecule has 4 atom stereocenters. The zero-order chi connectivity index (χ0) is 28.2. The van der Waals surface area contributed by atoms with Crippen molar-refractivity contribution in [1.82, 2.24) is 20.9 Å². The van der Waals surface area contributed by atoms with Crippen LogP contribution in [-0.4, -0.2) is 70.4 Å². The van der Waals surface area contributed by atoms with E-state index in [1.807, 2.05) is 24.3 Å². The Morgan fingerprint density at radius 3 is 2.26 bits per heavy atom. The molecule has 0 aliphatic rings. The number of carbonyl (C=O) groups excluding carboxylic acids is 4. The number of carboxylic acids is 1. The van der Waals surface area contributed by atoms with Gasteiger partial charge in [-0.15, -0.1) is 0 Å². The predicted octanol–water partition coefficient (Wildman–Crippen LogP) is -1.01. The van der Waals surface area contributed by atoms with Crippen LogP contribution in [0.15, 0.2) is 30.5 Å². The van der Waals surface area contributed by atoms with Gasteiger partial charge in [-0.25, -0.2) is 0 Å². The Kier molecular flexibility index (Phi) is 11.7. The number of amides is 4. The van der Waals surface area contributed by atoms with E-state index in [1.165, 1.54) is 6.92 Å². The van der Waals surface area contributed by atoms with Crippen molar-refractivity contribution in [2.24, 2.45) is 17.2 Å². The number of para-hydroxylation sites is 1. The highest BCUT2D eigenvalue weighted by molar-refractivity contribution is 5.95. The van der Waals surface area contributed by atoms with E-state index in [9.17, 15) is 24.0 Å². The molecular formula is C25H37N7O6. The Balaban J connectivity index is 2.26. The highest BCUT2D eigenvalue weighted by Crippen LogP contribution is 2.19. The number of rotatable bonds is 16. The van der Waals surface area contributed by atoms with Crippen molar-refractivity contribution in [1.29, 1.82) is 0 Å². The van der Waals surface area contributed by atoms with Gasteiger partial charge in [-0.2, -0.15) is 0 Å². The topological polar surface area (TPSA) is 236 Å². The van der Waals surface area contributed by atoms with Gasteiger partial charge < -0.3 is 43.2 Å². The number of aromatic nitrogens is 1. The normalized spacial score (nSPS) is 14.2. The SMILES string of the molecule is CC(NC(=O)C(CCCCN)NC(=O)C(Cc1c[nH]c2ccccc12)NC(=O)C(N)CCC(N)=O)C(=O)O. The third-order valence-corrected chi connectivity index (χ3v) is 6.08. The summed E-state index contributed by atoms with van der Waals surface area (Å²) in [4.78, 5) is 64.4. The number of carboxylic acid groups (broad SMARTS) is 1. The number of hydrogen-bond acceptors (Lipinski definition) is 7. The van der Waals surface area contributed by atoms with Crippen LogP contribution in [0.5, 0.6) is 0 Å². The smallest absolute Gasteiger partial charge is 0.325 e. The summed E-state index contributed by atoms with van der Waals surface area (Å²) in [6.45, 7) is 1.70. The highest BCUT2D eigenvalue weighted by atomic mass is 16.4. The molecule has 1 aromatic carbocycles. The lowest BCUT2D eigenvalue weighted by atomic mass is 10.0. The number of primary amides is 1. The van der Waals surface area contributed by atoms with Crippen molar-refractivity contribution in [3.8, 4) is 0 Å². The minimum Gasteiger partial charge on any atom is -0.480 e. The summed E-state index contributed by atoms with van der Waals surface area (Å²) in [5.74, 6) is -3.81. The lowest BCUT2D eigenvalue weighted by molar-refractivity contribution is -0.141. The van der Waals surface area contributed by atoms with Crippen LogP contribution >= 0.6 is 0 Å². The summed E-state index contributed by atoms with van der Waals surface area (Å²) in [5, 5.41) is 17.6. The van der Waals surface area contributed by atoms with Crippen LogP contribution < -0.4 is 33.2 Å². The molecule has 1 aromatic heterocycles. The molecule has 0 aliphatic carbocycles. The average Bonchev–Trinajstić information content (AvgIpc) is 3.28. The van der Waals surface area contributed by atoms with Crippen LogP contribution in [0.1, 0.15) is 44.6 Å². The number of unbranched alkanes of at least 4 members (excludes halogenated alkanes) is 1. The second-order valence-electron chi connectivity index (χ2n) is 9.15. The maximum atomic E-state index is 13.4. The Bertz CT molecular complexity index is 1130. The fraction of sp³-hybridized carbons (Fsp3) is 0.480. The maximum absolute atomic E-state index is 13.4. The lowest BCUT2D eigenvalue weighted by Crippen LogP contribution is -2.57. The molecule has 0 bridgehead atoms. The van der Waals surface area contributed by atoms with E-state index in [-0.39, 0.29) is 25.7 Å².